The van der Waals surface area contributed by atoms with Crippen molar-refractivity contribution < 1.29 is 32.7 Å². The summed E-state index contributed by atoms with van der Waals surface area (Å²) in [7, 11) is 0. The summed E-state index contributed by atoms with van der Waals surface area (Å²) in [5, 5.41) is 0. The van der Waals surface area contributed by atoms with Gasteiger partial charge in [-0.25, -0.2) is 6.92 Å². The Balaban J connectivity index is 0.000000640. The maximum Gasteiger partial charge on any atom is 0.120 e. The number of hydrogen-bond acceptors (Lipinski definition) is 2. The number of rotatable bonds is 0. The molecule has 0 unspecified atom stereocenters. The summed E-state index contributed by atoms with van der Waals surface area (Å²) in [6, 6.07) is 1.77. The second-order valence-electron chi connectivity index (χ2n) is 1.60. The topological polar surface area (TPSA) is 25.8 Å². The molecule has 0 aliphatic rings. The van der Waals surface area contributed by atoms with Gasteiger partial charge in [-0.05, 0) is 13.1 Å². The fourth-order valence-corrected chi connectivity index (χ4v) is 0.505. The molecule has 0 aliphatic heterocycles. The van der Waals surface area contributed by atoms with Crippen LogP contribution in [0.5, 0.6) is 0 Å². The first-order chi connectivity index (χ1) is 3.79. The molecule has 0 spiro atoms. The van der Waals surface area contributed by atoms with E-state index in [0.717, 1.165) is 11.5 Å². The summed E-state index contributed by atoms with van der Waals surface area (Å²) in [4.78, 5) is 7.84. The minimum atomic E-state index is 0. The molecular weight excluding hydrogens is 189 g/mol. The fraction of sp³-hybridized carbons (Fsp3) is 0.167. The van der Waals surface area contributed by atoms with Gasteiger partial charge in [-0.1, -0.05) is 5.69 Å². The van der Waals surface area contributed by atoms with E-state index in [1.807, 2.05) is 6.92 Å². The van der Waals surface area contributed by atoms with Crippen LogP contribution in [0.2, 0.25) is 0 Å². The Kier molecular flexibility index (Phi) is 3.99. The maximum absolute atomic E-state index is 3.95. The zero-order valence-electron chi connectivity index (χ0n) is 5.33. The van der Waals surface area contributed by atoms with Crippen LogP contribution < -0.4 is 0 Å². The molecule has 0 aliphatic carbocycles. The van der Waals surface area contributed by atoms with Crippen molar-refractivity contribution in [2.24, 2.45) is 0 Å². The van der Waals surface area contributed by atoms with Gasteiger partial charge in [0.15, 0.2) is 0 Å². The van der Waals surface area contributed by atoms with Gasteiger partial charge in [-0.3, -0.25) is 9.97 Å². The normalized spacial score (nSPS) is 8.11. The summed E-state index contributed by atoms with van der Waals surface area (Å²) in [6.07, 6.45) is 1.70. The molecule has 9 heavy (non-hydrogen) atoms. The zero-order chi connectivity index (χ0) is 5.98. The number of aryl methyl sites for hydroxylation is 1. The van der Waals surface area contributed by atoms with E-state index in [-0.39, 0.29) is 32.7 Å². The minimum Gasteiger partial charge on any atom is -0.273 e. The Morgan fingerprint density at radius 3 is 2.56 bits per heavy atom. The molecule has 1 heterocycles. The number of hydrogen-bond donors (Lipinski definition) is 0. The average molecular weight is 196 g/mol. The Morgan fingerprint density at radius 1 is 1.56 bits per heavy atom. The second-order valence-corrected chi connectivity index (χ2v) is 1.60. The van der Waals surface area contributed by atoms with Crippen LogP contribution in [-0.2, 0) is 32.7 Å². The smallest absolute Gasteiger partial charge is 0.120 e. The van der Waals surface area contributed by atoms with E-state index in [4.69, 9.17) is 0 Å². The molecule has 1 radical (unpaired) electrons. The molecule has 0 N–H and O–H groups in total. The van der Waals surface area contributed by atoms with E-state index < -0.39 is 0 Å². The quantitative estimate of drug-likeness (QED) is 0.577. The Morgan fingerprint density at radius 2 is 2.22 bits per heavy atom. The van der Waals surface area contributed by atoms with Crippen molar-refractivity contribution in [3.05, 3.63) is 30.7 Å². The van der Waals surface area contributed by atoms with Crippen LogP contribution in [0.15, 0.2) is 12.3 Å². The van der Waals surface area contributed by atoms with Gasteiger partial charge in [-0.15, -0.1) is 0 Å². The molecule has 45 valence electrons. The molecule has 1 aromatic rings. The van der Waals surface area contributed by atoms with E-state index in [0.29, 0.717) is 0 Å². The van der Waals surface area contributed by atoms with E-state index in [1.165, 1.54) is 0 Å². The van der Waals surface area contributed by atoms with Crippen LogP contribution in [0.25, 0.3) is 0 Å². The third-order valence-corrected chi connectivity index (χ3v) is 0.834. The first kappa shape index (κ1) is 9.05. The summed E-state index contributed by atoms with van der Waals surface area (Å²) >= 11 is 0. The van der Waals surface area contributed by atoms with E-state index >= 15 is 0 Å². The van der Waals surface area contributed by atoms with Crippen LogP contribution in [0.3, 0.4) is 0 Å². The van der Waals surface area contributed by atoms with Crippen molar-refractivity contribution in [2.75, 3.05) is 0 Å². The average Bonchev–Trinajstić information content (AvgIpc) is 1.64. The molecule has 1 rings (SSSR count). The molecule has 0 saturated heterocycles. The molecule has 0 amide bonds. The van der Waals surface area contributed by atoms with Gasteiger partial charge >= 0.3 is 0 Å². The summed E-state index contributed by atoms with van der Waals surface area (Å²) in [5.74, 6) is 0.775. The molecule has 0 atom stereocenters. The van der Waals surface area contributed by atoms with Crippen LogP contribution in [0.4, 0.5) is 0 Å². The standard InChI is InChI=1S/C6H7N2.Y/c1-5-3-4-7-6(2)8-5;/h3-4H,1H2,2H3;/q-1;. The molecule has 0 fully saturated rings. The van der Waals surface area contributed by atoms with E-state index in [2.05, 4.69) is 16.9 Å². The molecule has 0 saturated carbocycles. The van der Waals surface area contributed by atoms with Crippen LogP contribution >= 0.6 is 0 Å². The molecule has 2 nitrogen and oxygen atoms in total. The fourth-order valence-electron chi connectivity index (χ4n) is 0.505. The van der Waals surface area contributed by atoms with Crippen molar-refractivity contribution in [1.29, 1.82) is 0 Å². The van der Waals surface area contributed by atoms with Crippen molar-refractivity contribution in [2.45, 2.75) is 6.92 Å². The van der Waals surface area contributed by atoms with Gasteiger partial charge in [0.05, 0.1) is 0 Å². The number of aromatic nitrogens is 2. The van der Waals surface area contributed by atoms with Crippen LogP contribution in [-0.4, -0.2) is 9.97 Å². The van der Waals surface area contributed by atoms with Gasteiger partial charge in [0.25, 0.3) is 0 Å². The molecule has 0 aromatic carbocycles. The maximum atomic E-state index is 3.95. The Labute approximate surface area is 80.0 Å². The molecule has 3 heteroatoms. The molecular formula is C6H7N2Y-. The third-order valence-electron chi connectivity index (χ3n) is 0.834. The van der Waals surface area contributed by atoms with Crippen molar-refractivity contribution >= 4 is 0 Å². The first-order valence-electron chi connectivity index (χ1n) is 2.40. The van der Waals surface area contributed by atoms with Crippen molar-refractivity contribution in [3.63, 3.8) is 0 Å². The summed E-state index contributed by atoms with van der Waals surface area (Å²) in [6.45, 7) is 5.47. The monoisotopic (exact) mass is 196 g/mol. The Bertz CT molecular complexity index is 171. The predicted octanol–water partition coefficient (Wildman–Crippen LogP) is 0.965. The van der Waals surface area contributed by atoms with Crippen molar-refractivity contribution in [3.8, 4) is 0 Å². The van der Waals surface area contributed by atoms with E-state index in [9.17, 15) is 0 Å². The van der Waals surface area contributed by atoms with Gasteiger partial charge < -0.3 is 0 Å². The summed E-state index contributed by atoms with van der Waals surface area (Å²) < 4.78 is 0. The predicted molar refractivity (Wildman–Crippen MR) is 31.2 cm³/mol. The van der Waals surface area contributed by atoms with Gasteiger partial charge in [0.2, 0.25) is 0 Å². The van der Waals surface area contributed by atoms with Crippen LogP contribution in [0.1, 0.15) is 11.5 Å². The molecule has 0 bridgehead atoms. The van der Waals surface area contributed by atoms with Crippen LogP contribution in [0, 0.1) is 13.8 Å². The van der Waals surface area contributed by atoms with Gasteiger partial charge in [0.1, 0.15) is 5.82 Å². The van der Waals surface area contributed by atoms with Gasteiger partial charge in [-0.2, -0.15) is 6.07 Å². The van der Waals surface area contributed by atoms with Crippen molar-refractivity contribution in [1.82, 2.24) is 9.97 Å². The van der Waals surface area contributed by atoms with E-state index in [1.54, 1.807) is 12.3 Å². The first-order valence-corrected chi connectivity index (χ1v) is 2.40. The Hall–Kier alpha value is 0.0539. The summed E-state index contributed by atoms with van der Waals surface area (Å²) in [5.41, 5.74) is 0.775. The largest absolute Gasteiger partial charge is 0.273 e. The number of nitrogens with zero attached hydrogens (tertiary/aromatic N) is 2. The third kappa shape index (κ3) is 2.92. The second kappa shape index (κ2) is 3.96. The zero-order valence-corrected chi connectivity index (χ0v) is 8.17. The van der Waals surface area contributed by atoms with Gasteiger partial charge in [0, 0.05) is 32.7 Å². The minimum absolute atomic E-state index is 0. The molecule has 1 aromatic heterocycles. The SMILES string of the molecule is [CH2-]c1ccnc(C)n1.[Y].